The number of hydrogen-bond donors (Lipinski definition) is 1. The Hall–Kier alpha value is -3.10. The van der Waals surface area contributed by atoms with Crippen molar-refractivity contribution >= 4 is 38.7 Å². The number of amides is 1. The zero-order chi connectivity index (χ0) is 20.3. The van der Waals surface area contributed by atoms with Gasteiger partial charge in [-0.05, 0) is 36.4 Å². The summed E-state index contributed by atoms with van der Waals surface area (Å²) in [6.07, 6.45) is 2.85. The molecule has 0 aliphatic rings. The van der Waals surface area contributed by atoms with Gasteiger partial charge in [0.25, 0.3) is 0 Å². The van der Waals surface area contributed by atoms with Crippen LogP contribution < -0.4 is 10.1 Å². The molecule has 1 amide bonds. The maximum Gasteiger partial charge on any atom is 0.248 e. The van der Waals surface area contributed by atoms with Crippen molar-refractivity contribution in [2.24, 2.45) is 0 Å². The number of hydrogen-bond acceptors (Lipinski definition) is 5. The van der Waals surface area contributed by atoms with E-state index in [1.54, 1.807) is 31.4 Å². The minimum atomic E-state index is -3.57. The number of nitrogens with zero attached hydrogens (tertiary/aromatic N) is 1. The second-order valence-corrected chi connectivity index (χ2v) is 8.32. The van der Waals surface area contributed by atoms with Gasteiger partial charge < -0.3 is 14.5 Å². The standard InChI is InChI=1S/C20H20N2O5S/c1-22(2)28(24,25)17-8-5-7-15(13-17)21-19(23)11-10-16-12-14-6-4-9-18(26-3)20(14)27-16/h4-13H,1-3H3,(H,21,23)/b11-10+. The molecule has 0 radical (unpaired) electrons. The molecule has 1 heterocycles. The molecule has 28 heavy (non-hydrogen) atoms. The van der Waals surface area contributed by atoms with Crippen molar-refractivity contribution in [2.75, 3.05) is 26.5 Å². The van der Waals surface area contributed by atoms with E-state index in [-0.39, 0.29) is 4.90 Å². The van der Waals surface area contributed by atoms with E-state index >= 15 is 0 Å². The average Bonchev–Trinajstić information content (AvgIpc) is 3.09. The van der Waals surface area contributed by atoms with E-state index in [0.717, 1.165) is 9.69 Å². The number of furan rings is 1. The van der Waals surface area contributed by atoms with Crippen molar-refractivity contribution in [1.29, 1.82) is 0 Å². The third-order valence-electron chi connectivity index (χ3n) is 4.03. The third kappa shape index (κ3) is 4.08. The van der Waals surface area contributed by atoms with Gasteiger partial charge in [0, 0.05) is 31.2 Å². The van der Waals surface area contributed by atoms with Crippen LogP contribution >= 0.6 is 0 Å². The molecular formula is C20H20N2O5S. The van der Waals surface area contributed by atoms with Gasteiger partial charge in [0.1, 0.15) is 5.76 Å². The van der Waals surface area contributed by atoms with Gasteiger partial charge in [0.2, 0.25) is 15.9 Å². The molecular weight excluding hydrogens is 380 g/mol. The molecule has 0 unspecified atom stereocenters. The smallest absolute Gasteiger partial charge is 0.248 e. The Kier molecular flexibility index (Phi) is 5.53. The van der Waals surface area contributed by atoms with Crippen molar-refractivity contribution in [1.82, 2.24) is 4.31 Å². The van der Waals surface area contributed by atoms with Crippen molar-refractivity contribution in [3.8, 4) is 5.75 Å². The summed E-state index contributed by atoms with van der Waals surface area (Å²) in [7, 11) is 0.886. The number of nitrogens with one attached hydrogen (secondary N) is 1. The number of para-hydroxylation sites is 1. The summed E-state index contributed by atoms with van der Waals surface area (Å²) < 4.78 is 36.5. The van der Waals surface area contributed by atoms with E-state index in [0.29, 0.717) is 22.8 Å². The number of methoxy groups -OCH3 is 1. The quantitative estimate of drug-likeness (QED) is 0.641. The van der Waals surface area contributed by atoms with Gasteiger partial charge >= 0.3 is 0 Å². The first-order valence-corrected chi connectivity index (χ1v) is 9.83. The second-order valence-electron chi connectivity index (χ2n) is 6.17. The lowest BCUT2D eigenvalue weighted by Crippen LogP contribution is -2.22. The minimum Gasteiger partial charge on any atom is -0.493 e. The molecule has 3 aromatic rings. The van der Waals surface area contributed by atoms with Crippen LogP contribution in [0.25, 0.3) is 17.0 Å². The largest absolute Gasteiger partial charge is 0.493 e. The van der Waals surface area contributed by atoms with Crippen molar-refractivity contribution < 1.29 is 22.4 Å². The Labute approximate surface area is 163 Å². The Morgan fingerprint density at radius 2 is 1.89 bits per heavy atom. The molecule has 0 aliphatic carbocycles. The van der Waals surface area contributed by atoms with Crippen LogP contribution in [-0.4, -0.2) is 39.8 Å². The van der Waals surface area contributed by atoms with Gasteiger partial charge in [-0.2, -0.15) is 0 Å². The lowest BCUT2D eigenvalue weighted by molar-refractivity contribution is -0.111. The molecule has 7 nitrogen and oxygen atoms in total. The molecule has 2 aromatic carbocycles. The van der Waals surface area contributed by atoms with Gasteiger partial charge in [-0.25, -0.2) is 12.7 Å². The molecule has 146 valence electrons. The first kappa shape index (κ1) is 19.7. The molecule has 0 aliphatic heterocycles. The SMILES string of the molecule is COc1cccc2cc(/C=C/C(=O)Nc3cccc(S(=O)(=O)N(C)C)c3)oc12. The first-order valence-electron chi connectivity index (χ1n) is 8.39. The van der Waals surface area contributed by atoms with Crippen LogP contribution in [0.1, 0.15) is 5.76 Å². The fourth-order valence-corrected chi connectivity index (χ4v) is 3.53. The van der Waals surface area contributed by atoms with Gasteiger partial charge in [-0.1, -0.05) is 18.2 Å². The zero-order valence-corrected chi connectivity index (χ0v) is 16.5. The Morgan fingerprint density at radius 3 is 2.61 bits per heavy atom. The molecule has 3 rings (SSSR count). The van der Waals surface area contributed by atoms with Crippen molar-refractivity contribution in [3.63, 3.8) is 0 Å². The lowest BCUT2D eigenvalue weighted by atomic mass is 10.2. The van der Waals surface area contributed by atoms with Crippen LogP contribution in [0.15, 0.2) is 63.9 Å². The van der Waals surface area contributed by atoms with Gasteiger partial charge in [-0.3, -0.25) is 4.79 Å². The third-order valence-corrected chi connectivity index (χ3v) is 5.84. The van der Waals surface area contributed by atoms with Crippen LogP contribution in [0.2, 0.25) is 0 Å². The monoisotopic (exact) mass is 400 g/mol. The molecule has 1 aromatic heterocycles. The molecule has 0 spiro atoms. The number of rotatable bonds is 6. The predicted molar refractivity (Wildman–Crippen MR) is 108 cm³/mol. The average molecular weight is 400 g/mol. The van der Waals surface area contributed by atoms with Crippen LogP contribution in [0.3, 0.4) is 0 Å². The Morgan fingerprint density at radius 1 is 1.14 bits per heavy atom. The summed E-state index contributed by atoms with van der Waals surface area (Å²) in [6, 6.07) is 13.4. The number of anilines is 1. The number of carbonyl (C=O) groups is 1. The van der Waals surface area contributed by atoms with Crippen molar-refractivity contribution in [2.45, 2.75) is 4.90 Å². The highest BCUT2D eigenvalue weighted by Crippen LogP contribution is 2.29. The number of benzene rings is 2. The maximum absolute atomic E-state index is 12.2. The van der Waals surface area contributed by atoms with E-state index in [1.807, 2.05) is 12.1 Å². The fourth-order valence-electron chi connectivity index (χ4n) is 2.59. The summed E-state index contributed by atoms with van der Waals surface area (Å²) in [4.78, 5) is 12.3. The fraction of sp³-hybridized carbons (Fsp3) is 0.150. The summed E-state index contributed by atoms with van der Waals surface area (Å²) in [5, 5.41) is 3.51. The van der Waals surface area contributed by atoms with E-state index in [4.69, 9.17) is 9.15 Å². The van der Waals surface area contributed by atoms with Crippen molar-refractivity contribution in [3.05, 3.63) is 60.4 Å². The number of carbonyl (C=O) groups excluding carboxylic acids is 1. The predicted octanol–water partition coefficient (Wildman–Crippen LogP) is 3.34. The Bertz CT molecular complexity index is 1150. The Balaban J connectivity index is 1.76. The molecule has 0 saturated heterocycles. The molecule has 0 bridgehead atoms. The summed E-state index contributed by atoms with van der Waals surface area (Å²) in [5.41, 5.74) is 0.982. The zero-order valence-electron chi connectivity index (χ0n) is 15.7. The molecule has 0 fully saturated rings. The normalized spacial score (nSPS) is 12.0. The van der Waals surface area contributed by atoms with E-state index in [9.17, 15) is 13.2 Å². The first-order chi connectivity index (χ1) is 13.3. The number of fused-ring (bicyclic) bond motifs is 1. The highest BCUT2D eigenvalue weighted by atomic mass is 32.2. The minimum absolute atomic E-state index is 0.101. The van der Waals surface area contributed by atoms with Crippen LogP contribution in [0.5, 0.6) is 5.75 Å². The van der Waals surface area contributed by atoms with Crippen LogP contribution in [0.4, 0.5) is 5.69 Å². The van der Waals surface area contributed by atoms with Gasteiger partial charge in [0.05, 0.1) is 12.0 Å². The van der Waals surface area contributed by atoms with Crippen LogP contribution in [0, 0.1) is 0 Å². The molecule has 1 N–H and O–H groups in total. The summed E-state index contributed by atoms with van der Waals surface area (Å²) in [5.74, 6) is 0.700. The second kappa shape index (κ2) is 7.87. The number of ether oxygens (including phenoxy) is 1. The highest BCUT2D eigenvalue weighted by Gasteiger charge is 2.17. The van der Waals surface area contributed by atoms with E-state index in [2.05, 4.69) is 5.32 Å². The maximum atomic E-state index is 12.2. The van der Waals surface area contributed by atoms with Crippen LogP contribution in [-0.2, 0) is 14.8 Å². The number of sulfonamides is 1. The summed E-state index contributed by atoms with van der Waals surface area (Å²) >= 11 is 0. The van der Waals surface area contributed by atoms with E-state index in [1.165, 1.54) is 38.4 Å². The molecule has 0 atom stereocenters. The van der Waals surface area contributed by atoms with Gasteiger partial charge in [0.15, 0.2) is 11.3 Å². The topological polar surface area (TPSA) is 88.8 Å². The summed E-state index contributed by atoms with van der Waals surface area (Å²) in [6.45, 7) is 0. The van der Waals surface area contributed by atoms with Gasteiger partial charge in [-0.15, -0.1) is 0 Å². The molecule has 8 heteroatoms. The lowest BCUT2D eigenvalue weighted by Gasteiger charge is -2.12. The van der Waals surface area contributed by atoms with E-state index < -0.39 is 15.9 Å². The highest BCUT2D eigenvalue weighted by molar-refractivity contribution is 7.89. The molecule has 0 saturated carbocycles.